The number of nitrogens with one attached hydrogen (secondary N) is 1. The Labute approximate surface area is 187 Å². The monoisotopic (exact) mass is 456 g/mol. The first-order valence-electron chi connectivity index (χ1n) is 10.6. The van der Waals surface area contributed by atoms with Gasteiger partial charge < -0.3 is 4.98 Å². The molecular formula is C23H25ClN4O2S. The van der Waals surface area contributed by atoms with Gasteiger partial charge in [-0.25, -0.2) is 8.42 Å². The van der Waals surface area contributed by atoms with E-state index in [0.29, 0.717) is 34.4 Å². The van der Waals surface area contributed by atoms with Gasteiger partial charge in [0.2, 0.25) is 10.0 Å². The Morgan fingerprint density at radius 2 is 1.81 bits per heavy atom. The van der Waals surface area contributed by atoms with Gasteiger partial charge in [-0.1, -0.05) is 41.9 Å². The van der Waals surface area contributed by atoms with E-state index in [1.165, 1.54) is 16.1 Å². The van der Waals surface area contributed by atoms with Crippen LogP contribution in [0.25, 0.3) is 11.8 Å². The fourth-order valence-corrected chi connectivity index (χ4v) is 6.08. The maximum atomic E-state index is 12.5. The zero-order chi connectivity index (χ0) is 21.6. The second-order valence-corrected chi connectivity index (χ2v) is 10.9. The van der Waals surface area contributed by atoms with E-state index in [9.17, 15) is 8.42 Å². The number of H-pyrrole nitrogens is 1. The number of allylic oxidation sites excluding steroid dienone is 1. The van der Waals surface area contributed by atoms with Gasteiger partial charge in [-0.05, 0) is 49.3 Å². The van der Waals surface area contributed by atoms with E-state index in [4.69, 9.17) is 11.6 Å². The third-order valence-corrected chi connectivity index (χ3v) is 7.93. The number of aromatic nitrogens is 1. The van der Waals surface area contributed by atoms with Crippen LogP contribution in [0.3, 0.4) is 0 Å². The van der Waals surface area contributed by atoms with Crippen LogP contribution >= 0.6 is 11.6 Å². The van der Waals surface area contributed by atoms with Crippen molar-refractivity contribution in [1.29, 1.82) is 0 Å². The fourth-order valence-electron chi connectivity index (χ4n) is 5.02. The van der Waals surface area contributed by atoms with Crippen LogP contribution in [0, 0.1) is 5.92 Å². The van der Waals surface area contributed by atoms with Gasteiger partial charge in [-0.2, -0.15) is 10.2 Å². The highest BCUT2D eigenvalue weighted by Crippen LogP contribution is 2.40. The topological polar surface area (TPSA) is 77.9 Å². The smallest absolute Gasteiger partial charge is 0.232 e. The molecule has 1 aromatic carbocycles. The Kier molecular flexibility index (Phi) is 5.26. The van der Waals surface area contributed by atoms with E-state index in [2.05, 4.69) is 45.5 Å². The molecule has 1 aliphatic carbocycles. The highest BCUT2D eigenvalue weighted by Gasteiger charge is 2.30. The number of nitrogens with zero attached hydrogens (tertiary/aromatic N) is 3. The van der Waals surface area contributed by atoms with Crippen LogP contribution in [0.2, 0.25) is 0 Å². The Morgan fingerprint density at radius 1 is 1.10 bits per heavy atom. The molecule has 31 heavy (non-hydrogen) atoms. The molecule has 1 fully saturated rings. The van der Waals surface area contributed by atoms with Crippen molar-refractivity contribution in [3.8, 4) is 0 Å². The average molecular weight is 457 g/mol. The fraction of sp³-hybridized carbons (Fsp3) is 0.391. The van der Waals surface area contributed by atoms with Crippen molar-refractivity contribution in [3.63, 3.8) is 0 Å². The summed E-state index contributed by atoms with van der Waals surface area (Å²) in [4.78, 5) is 3.44. The van der Waals surface area contributed by atoms with Gasteiger partial charge in [0.15, 0.2) is 0 Å². The lowest BCUT2D eigenvalue weighted by Gasteiger charge is -2.29. The molecule has 162 valence electrons. The van der Waals surface area contributed by atoms with E-state index in [0.717, 1.165) is 42.3 Å². The summed E-state index contributed by atoms with van der Waals surface area (Å²) in [7, 11) is -3.46. The molecule has 0 atom stereocenters. The van der Waals surface area contributed by atoms with Crippen molar-refractivity contribution in [2.45, 2.75) is 38.1 Å². The number of halogens is 1. The molecule has 2 aromatic rings. The van der Waals surface area contributed by atoms with Gasteiger partial charge in [0.05, 0.1) is 41.4 Å². The van der Waals surface area contributed by atoms with Crippen LogP contribution < -0.4 is 15.0 Å². The van der Waals surface area contributed by atoms with Crippen molar-refractivity contribution in [2.24, 2.45) is 16.1 Å². The van der Waals surface area contributed by atoms with E-state index in [1.54, 1.807) is 12.2 Å². The predicted octanol–water partition coefficient (Wildman–Crippen LogP) is 3.75. The Hall–Kier alpha value is -2.38. The van der Waals surface area contributed by atoms with Crippen molar-refractivity contribution in [1.82, 2.24) is 4.98 Å². The summed E-state index contributed by atoms with van der Waals surface area (Å²) in [6.45, 7) is 0.571. The molecule has 1 N–H and O–H groups in total. The molecule has 8 heteroatoms. The molecular weight excluding hydrogens is 432 g/mol. The number of aromatic amines is 1. The minimum atomic E-state index is -3.46. The number of rotatable bonds is 3. The quantitative estimate of drug-likeness (QED) is 0.763. The molecule has 0 unspecified atom stereocenters. The predicted molar refractivity (Wildman–Crippen MR) is 124 cm³/mol. The summed E-state index contributed by atoms with van der Waals surface area (Å²) in [5.41, 5.74) is 3.90. The molecule has 3 heterocycles. The number of azo groups is 1. The van der Waals surface area contributed by atoms with Crippen molar-refractivity contribution < 1.29 is 8.42 Å². The highest BCUT2D eigenvalue weighted by molar-refractivity contribution is 7.92. The largest absolute Gasteiger partial charge is 0.352 e. The van der Waals surface area contributed by atoms with E-state index >= 15 is 0 Å². The van der Waals surface area contributed by atoms with Crippen LogP contribution in [0.5, 0.6) is 0 Å². The summed E-state index contributed by atoms with van der Waals surface area (Å²) in [5, 5.41) is 11.1. The van der Waals surface area contributed by atoms with Crippen molar-refractivity contribution in [3.05, 3.63) is 63.3 Å². The van der Waals surface area contributed by atoms with E-state index in [1.807, 2.05) is 0 Å². The number of anilines is 1. The third kappa shape index (κ3) is 3.85. The standard InChI is InChI=1S/C23H25ClN4O2S/c1-31(29,30)28-12-11-18(24)13-20-23(28)19-14-25-27-21(22(19)26-20)17-9-7-16(8-10-17)15-5-3-2-4-6-15/h2-6,11,13,16-17,26H,7-10,12,14H2,1H3. The molecule has 6 nitrogen and oxygen atoms in total. The lowest BCUT2D eigenvalue weighted by atomic mass is 9.77. The SMILES string of the molecule is CS(=O)(=O)N1CC=C(Cl)C=c2[nH]c3c(c21)CN=NC=3C1CCC(c2ccccc2)CC1. The van der Waals surface area contributed by atoms with Gasteiger partial charge in [-0.15, -0.1) is 0 Å². The van der Waals surface area contributed by atoms with Crippen LogP contribution in [0.1, 0.15) is 42.7 Å². The molecule has 1 saturated carbocycles. The lowest BCUT2D eigenvalue weighted by Crippen LogP contribution is -2.33. The second kappa shape index (κ2) is 7.95. The molecule has 0 amide bonds. The van der Waals surface area contributed by atoms with E-state index < -0.39 is 10.0 Å². The number of fused-ring (bicyclic) bond motifs is 3. The minimum absolute atomic E-state index is 0.208. The zero-order valence-corrected chi connectivity index (χ0v) is 19.0. The summed E-state index contributed by atoms with van der Waals surface area (Å²) >= 11 is 6.30. The Morgan fingerprint density at radius 3 is 2.52 bits per heavy atom. The molecule has 0 saturated heterocycles. The summed E-state index contributed by atoms with van der Waals surface area (Å²) in [6, 6.07) is 10.7. The maximum Gasteiger partial charge on any atom is 0.232 e. The number of sulfonamides is 1. The number of benzene rings is 1. The van der Waals surface area contributed by atoms with Crippen LogP contribution in [0.4, 0.5) is 5.69 Å². The molecule has 0 spiro atoms. The Bertz CT molecular complexity index is 1290. The first-order chi connectivity index (χ1) is 14.9. The minimum Gasteiger partial charge on any atom is -0.352 e. The summed E-state index contributed by atoms with van der Waals surface area (Å²) in [6.07, 6.45) is 9.03. The first-order valence-corrected chi connectivity index (χ1v) is 12.9. The second-order valence-electron chi connectivity index (χ2n) is 8.51. The molecule has 0 bridgehead atoms. The maximum absolute atomic E-state index is 12.5. The first kappa shape index (κ1) is 20.5. The number of hydrogen-bond donors (Lipinski definition) is 1. The van der Waals surface area contributed by atoms with Crippen molar-refractivity contribution in [2.75, 3.05) is 17.1 Å². The van der Waals surface area contributed by atoms with Gasteiger partial charge in [0.25, 0.3) is 0 Å². The van der Waals surface area contributed by atoms with E-state index in [-0.39, 0.29) is 6.54 Å². The van der Waals surface area contributed by atoms with Gasteiger partial charge in [-0.3, -0.25) is 4.31 Å². The summed E-state index contributed by atoms with van der Waals surface area (Å²) < 4.78 is 26.4. The normalized spacial score (nSPS) is 23.5. The zero-order valence-electron chi connectivity index (χ0n) is 17.4. The molecule has 2 aliphatic heterocycles. The molecule has 1 aromatic heterocycles. The van der Waals surface area contributed by atoms with Gasteiger partial charge >= 0.3 is 0 Å². The van der Waals surface area contributed by atoms with Crippen LogP contribution in [-0.4, -0.2) is 26.2 Å². The van der Waals surface area contributed by atoms with Gasteiger partial charge in [0, 0.05) is 16.5 Å². The molecule has 5 rings (SSSR count). The van der Waals surface area contributed by atoms with Crippen molar-refractivity contribution >= 4 is 39.1 Å². The van der Waals surface area contributed by atoms with Crippen LogP contribution in [0.15, 0.2) is 51.7 Å². The summed E-state index contributed by atoms with van der Waals surface area (Å²) in [5.74, 6) is 0.888. The van der Waals surface area contributed by atoms with Gasteiger partial charge in [0.1, 0.15) is 0 Å². The highest BCUT2D eigenvalue weighted by atomic mass is 35.5. The molecule has 0 radical (unpaired) electrons. The van der Waals surface area contributed by atoms with Crippen LogP contribution in [-0.2, 0) is 16.6 Å². The lowest BCUT2D eigenvalue weighted by molar-refractivity contribution is 0.378. The third-order valence-electron chi connectivity index (χ3n) is 6.53. The Balaban J connectivity index is 1.54. The molecule has 3 aliphatic rings. The number of hydrogen-bond acceptors (Lipinski definition) is 4. The average Bonchev–Trinajstić information content (AvgIpc) is 3.02.